The number of benzene rings is 1. The van der Waals surface area contributed by atoms with Crippen molar-refractivity contribution in [1.29, 1.82) is 0 Å². The van der Waals surface area contributed by atoms with Gasteiger partial charge in [-0.15, -0.1) is 0 Å². The molecule has 0 radical (unpaired) electrons. The number of hydrogen-bond donors (Lipinski definition) is 3. The van der Waals surface area contributed by atoms with Crippen molar-refractivity contribution in [2.75, 3.05) is 5.73 Å². The summed E-state index contributed by atoms with van der Waals surface area (Å²) in [6.07, 6.45) is -0.768. The number of halogens is 1. The second kappa shape index (κ2) is 3.96. The second-order valence-electron chi connectivity index (χ2n) is 3.08. The topological polar surface area (TPSA) is 72.3 Å². The van der Waals surface area contributed by atoms with Gasteiger partial charge in [0.25, 0.3) is 0 Å². The fourth-order valence-corrected chi connectivity index (χ4v) is 1.30. The van der Waals surface area contributed by atoms with E-state index in [1.54, 1.807) is 25.1 Å². The van der Waals surface area contributed by atoms with Crippen molar-refractivity contribution in [3.05, 3.63) is 28.8 Å². The van der Waals surface area contributed by atoms with Crippen molar-refractivity contribution in [3.63, 3.8) is 0 Å². The molecule has 5 N–H and O–H groups in total. The highest BCUT2D eigenvalue weighted by atomic mass is 35.5. The van der Waals surface area contributed by atoms with Crippen LogP contribution in [0, 0.1) is 0 Å². The lowest BCUT2D eigenvalue weighted by atomic mass is 10.0. The molecule has 72 valence electrons. The monoisotopic (exact) mass is 200 g/mol. The van der Waals surface area contributed by atoms with Crippen molar-refractivity contribution in [2.45, 2.75) is 19.1 Å². The molecule has 0 aromatic heterocycles. The lowest BCUT2D eigenvalue weighted by Crippen LogP contribution is -2.24. The van der Waals surface area contributed by atoms with Gasteiger partial charge < -0.3 is 16.6 Å². The Morgan fingerprint density at radius 2 is 2.08 bits per heavy atom. The molecule has 0 aliphatic carbocycles. The van der Waals surface area contributed by atoms with Gasteiger partial charge in [0.2, 0.25) is 0 Å². The molecule has 0 bridgehead atoms. The number of aliphatic hydroxyl groups excluding tert-OH is 1. The molecule has 3 nitrogen and oxygen atoms in total. The first-order chi connectivity index (χ1) is 6.02. The Morgan fingerprint density at radius 3 is 2.62 bits per heavy atom. The van der Waals surface area contributed by atoms with E-state index in [1.807, 2.05) is 0 Å². The van der Waals surface area contributed by atoms with Gasteiger partial charge in [-0.25, -0.2) is 0 Å². The summed E-state index contributed by atoms with van der Waals surface area (Å²) in [5, 5.41) is 10.1. The van der Waals surface area contributed by atoms with Crippen LogP contribution >= 0.6 is 11.6 Å². The zero-order valence-corrected chi connectivity index (χ0v) is 8.12. The second-order valence-corrected chi connectivity index (χ2v) is 3.49. The van der Waals surface area contributed by atoms with E-state index >= 15 is 0 Å². The van der Waals surface area contributed by atoms with Gasteiger partial charge in [-0.1, -0.05) is 11.6 Å². The predicted octanol–water partition coefficient (Wildman–Crippen LogP) is 1.30. The first kappa shape index (κ1) is 10.3. The van der Waals surface area contributed by atoms with Crippen LogP contribution in [0.4, 0.5) is 5.69 Å². The van der Waals surface area contributed by atoms with E-state index in [0.717, 1.165) is 0 Å². The van der Waals surface area contributed by atoms with E-state index in [1.165, 1.54) is 0 Å². The van der Waals surface area contributed by atoms with Crippen LogP contribution < -0.4 is 11.5 Å². The van der Waals surface area contributed by atoms with Crippen LogP contribution in [0.2, 0.25) is 5.02 Å². The van der Waals surface area contributed by atoms with Gasteiger partial charge in [0, 0.05) is 22.3 Å². The summed E-state index contributed by atoms with van der Waals surface area (Å²) in [6, 6.07) is 4.60. The zero-order valence-electron chi connectivity index (χ0n) is 7.37. The third-order valence-electron chi connectivity index (χ3n) is 1.84. The molecule has 0 fully saturated rings. The molecule has 4 heteroatoms. The fraction of sp³-hybridized carbons (Fsp3) is 0.333. The van der Waals surface area contributed by atoms with E-state index in [-0.39, 0.29) is 6.04 Å². The minimum atomic E-state index is -0.768. The summed E-state index contributed by atoms with van der Waals surface area (Å²) in [5.74, 6) is 0. The maximum atomic E-state index is 9.64. The van der Waals surface area contributed by atoms with Gasteiger partial charge in [0.05, 0.1) is 6.10 Å². The summed E-state index contributed by atoms with van der Waals surface area (Å²) < 4.78 is 0. The third-order valence-corrected chi connectivity index (χ3v) is 2.18. The molecule has 1 aromatic carbocycles. The van der Waals surface area contributed by atoms with E-state index in [4.69, 9.17) is 23.1 Å². The van der Waals surface area contributed by atoms with Crippen molar-refractivity contribution in [1.82, 2.24) is 0 Å². The van der Waals surface area contributed by atoms with Gasteiger partial charge in [-0.2, -0.15) is 0 Å². The molecule has 2 atom stereocenters. The largest absolute Gasteiger partial charge is 0.399 e. The first-order valence-electron chi connectivity index (χ1n) is 4.01. The fourth-order valence-electron chi connectivity index (χ4n) is 1.07. The highest BCUT2D eigenvalue weighted by molar-refractivity contribution is 6.31. The summed E-state index contributed by atoms with van der Waals surface area (Å²) >= 11 is 5.86. The highest BCUT2D eigenvalue weighted by Gasteiger charge is 2.15. The van der Waals surface area contributed by atoms with Crippen molar-refractivity contribution in [3.8, 4) is 0 Å². The Morgan fingerprint density at radius 1 is 1.46 bits per heavy atom. The van der Waals surface area contributed by atoms with Gasteiger partial charge in [-0.05, 0) is 25.1 Å². The molecule has 0 spiro atoms. The molecule has 0 saturated carbocycles. The summed E-state index contributed by atoms with van der Waals surface area (Å²) in [5.41, 5.74) is 12.2. The number of aliphatic hydroxyl groups is 1. The highest BCUT2D eigenvalue weighted by Crippen LogP contribution is 2.26. The summed E-state index contributed by atoms with van der Waals surface area (Å²) in [6.45, 7) is 1.71. The molecule has 0 aliphatic heterocycles. The number of nitrogens with two attached hydrogens (primary N) is 2. The molecule has 13 heavy (non-hydrogen) atoms. The molecule has 0 saturated heterocycles. The summed E-state index contributed by atoms with van der Waals surface area (Å²) in [7, 11) is 0. The quantitative estimate of drug-likeness (QED) is 0.631. The van der Waals surface area contributed by atoms with Crippen LogP contribution in [-0.4, -0.2) is 11.1 Å². The van der Waals surface area contributed by atoms with Crippen molar-refractivity contribution >= 4 is 17.3 Å². The average Bonchev–Trinajstić information content (AvgIpc) is 2.08. The van der Waals surface area contributed by atoms with Crippen LogP contribution in [0.1, 0.15) is 18.6 Å². The van der Waals surface area contributed by atoms with Crippen LogP contribution in [0.5, 0.6) is 0 Å². The Bertz CT molecular complexity index is 302. The van der Waals surface area contributed by atoms with Crippen LogP contribution in [0.15, 0.2) is 18.2 Å². The number of hydrogen-bond acceptors (Lipinski definition) is 3. The van der Waals surface area contributed by atoms with E-state index in [9.17, 15) is 5.11 Å². The Kier molecular flexibility index (Phi) is 3.14. The number of anilines is 1. The van der Waals surface area contributed by atoms with Gasteiger partial charge >= 0.3 is 0 Å². The molecule has 0 aliphatic rings. The Hall–Kier alpha value is -0.770. The van der Waals surface area contributed by atoms with E-state index in [2.05, 4.69) is 0 Å². The maximum Gasteiger partial charge on any atom is 0.0953 e. The van der Waals surface area contributed by atoms with Crippen LogP contribution in [0.25, 0.3) is 0 Å². The Labute approximate surface area is 82.3 Å². The third kappa shape index (κ3) is 2.34. The van der Waals surface area contributed by atoms with E-state index < -0.39 is 6.10 Å². The molecule has 0 amide bonds. The van der Waals surface area contributed by atoms with Gasteiger partial charge in [-0.3, -0.25) is 0 Å². The van der Waals surface area contributed by atoms with Crippen LogP contribution in [0.3, 0.4) is 0 Å². The molecule has 0 heterocycles. The van der Waals surface area contributed by atoms with E-state index in [0.29, 0.717) is 16.3 Å². The molecule has 2 unspecified atom stereocenters. The predicted molar refractivity (Wildman–Crippen MR) is 54.5 cm³/mol. The minimum Gasteiger partial charge on any atom is -0.399 e. The molecular weight excluding hydrogens is 188 g/mol. The molecular formula is C9H13ClN2O. The molecule has 1 aromatic rings. The van der Waals surface area contributed by atoms with Gasteiger partial charge in [0.15, 0.2) is 0 Å². The van der Waals surface area contributed by atoms with Gasteiger partial charge in [0.1, 0.15) is 0 Å². The number of nitrogen functional groups attached to an aromatic ring is 1. The maximum absolute atomic E-state index is 9.64. The Balaban J connectivity index is 3.05. The average molecular weight is 201 g/mol. The summed E-state index contributed by atoms with van der Waals surface area (Å²) in [4.78, 5) is 0. The zero-order chi connectivity index (χ0) is 10.0. The van der Waals surface area contributed by atoms with Crippen molar-refractivity contribution in [2.24, 2.45) is 5.73 Å². The van der Waals surface area contributed by atoms with Crippen LogP contribution in [-0.2, 0) is 0 Å². The molecule has 1 rings (SSSR count). The lowest BCUT2D eigenvalue weighted by Gasteiger charge is -2.16. The number of rotatable bonds is 2. The first-order valence-corrected chi connectivity index (χ1v) is 4.38. The smallest absolute Gasteiger partial charge is 0.0953 e. The normalized spacial score (nSPS) is 15.4. The SMILES string of the molecule is CC(N)C(O)c1cc(N)ccc1Cl. The minimum absolute atomic E-state index is 0.362. The standard InChI is InChI=1S/C9H13ClN2O/c1-5(11)9(13)7-4-6(12)2-3-8(7)10/h2-5,9,13H,11-12H2,1H3. The van der Waals surface area contributed by atoms with Crippen molar-refractivity contribution < 1.29 is 5.11 Å². The lowest BCUT2D eigenvalue weighted by molar-refractivity contribution is 0.153.